The Morgan fingerprint density at radius 3 is 2.41 bits per heavy atom. The van der Waals surface area contributed by atoms with Crippen molar-refractivity contribution in [2.45, 2.75) is 6.42 Å². The highest BCUT2D eigenvalue weighted by Gasteiger charge is 2.00. The molecule has 1 aromatic carbocycles. The lowest BCUT2D eigenvalue weighted by molar-refractivity contribution is -0.136. The molecule has 0 amide bonds. The number of aromatic nitrogens is 2. The summed E-state index contributed by atoms with van der Waals surface area (Å²) in [6.07, 6.45) is 3.32. The van der Waals surface area contributed by atoms with Gasteiger partial charge in [-0.05, 0) is 23.8 Å². The zero-order valence-corrected chi connectivity index (χ0v) is 9.00. The number of rotatable bonds is 4. The zero-order valence-electron chi connectivity index (χ0n) is 9.00. The van der Waals surface area contributed by atoms with E-state index in [0.29, 0.717) is 5.95 Å². The molecule has 17 heavy (non-hydrogen) atoms. The molecule has 1 aromatic heterocycles. The number of nitrogens with zero attached hydrogens (tertiary/aromatic N) is 2. The second-order valence-corrected chi connectivity index (χ2v) is 3.46. The van der Waals surface area contributed by atoms with Gasteiger partial charge >= 0.3 is 5.97 Å². The van der Waals surface area contributed by atoms with Crippen LogP contribution in [0.5, 0.6) is 0 Å². The van der Waals surface area contributed by atoms with Gasteiger partial charge in [-0.2, -0.15) is 0 Å². The number of carboxylic acids is 1. The highest BCUT2D eigenvalue weighted by Crippen LogP contribution is 2.13. The molecule has 86 valence electrons. The van der Waals surface area contributed by atoms with E-state index < -0.39 is 5.97 Å². The Labute approximate surface area is 98.2 Å². The van der Waals surface area contributed by atoms with Gasteiger partial charge < -0.3 is 10.4 Å². The second-order valence-electron chi connectivity index (χ2n) is 3.46. The van der Waals surface area contributed by atoms with E-state index >= 15 is 0 Å². The average Bonchev–Trinajstić information content (AvgIpc) is 2.32. The Morgan fingerprint density at radius 1 is 1.18 bits per heavy atom. The number of hydrogen-bond donors (Lipinski definition) is 2. The summed E-state index contributed by atoms with van der Waals surface area (Å²) in [6.45, 7) is 0. The van der Waals surface area contributed by atoms with Crippen LogP contribution in [0, 0.1) is 0 Å². The minimum atomic E-state index is -0.836. The molecule has 5 heteroatoms. The van der Waals surface area contributed by atoms with Gasteiger partial charge in [-0.15, -0.1) is 0 Å². The molecule has 0 aliphatic rings. The molecule has 0 saturated heterocycles. The van der Waals surface area contributed by atoms with Gasteiger partial charge in [-0.3, -0.25) is 4.79 Å². The summed E-state index contributed by atoms with van der Waals surface area (Å²) in [6, 6.07) is 8.86. The molecule has 2 N–H and O–H groups in total. The molecular formula is C12H11N3O2. The van der Waals surface area contributed by atoms with Gasteiger partial charge in [0.05, 0.1) is 6.42 Å². The second kappa shape index (κ2) is 5.07. The normalized spacial score (nSPS) is 9.88. The molecule has 0 saturated carbocycles. The fourth-order valence-electron chi connectivity index (χ4n) is 1.37. The van der Waals surface area contributed by atoms with Crippen molar-refractivity contribution in [3.63, 3.8) is 0 Å². The summed E-state index contributed by atoms with van der Waals surface area (Å²) in [7, 11) is 0. The number of carboxylic acid groups (broad SMARTS) is 1. The maximum Gasteiger partial charge on any atom is 0.307 e. The highest BCUT2D eigenvalue weighted by atomic mass is 16.4. The first kappa shape index (κ1) is 11.1. The fourth-order valence-corrected chi connectivity index (χ4v) is 1.37. The van der Waals surface area contributed by atoms with Crippen LogP contribution in [-0.4, -0.2) is 21.0 Å². The minimum absolute atomic E-state index is 0.0299. The van der Waals surface area contributed by atoms with E-state index in [1.807, 2.05) is 0 Å². The van der Waals surface area contributed by atoms with Crippen LogP contribution in [0.2, 0.25) is 0 Å². The smallest absolute Gasteiger partial charge is 0.307 e. The van der Waals surface area contributed by atoms with Crippen molar-refractivity contribution in [2.24, 2.45) is 0 Å². The molecule has 1 heterocycles. The van der Waals surface area contributed by atoms with Crippen molar-refractivity contribution in [1.82, 2.24) is 9.97 Å². The summed E-state index contributed by atoms with van der Waals surface area (Å²) in [4.78, 5) is 18.6. The van der Waals surface area contributed by atoms with E-state index in [9.17, 15) is 4.79 Å². The Kier molecular flexibility index (Phi) is 3.30. The van der Waals surface area contributed by atoms with Crippen LogP contribution in [0.4, 0.5) is 11.6 Å². The number of aliphatic carboxylic acids is 1. The topological polar surface area (TPSA) is 75.1 Å². The molecule has 0 atom stereocenters. The third kappa shape index (κ3) is 3.27. The van der Waals surface area contributed by atoms with Crippen molar-refractivity contribution < 1.29 is 9.90 Å². The van der Waals surface area contributed by atoms with Gasteiger partial charge in [0.2, 0.25) is 5.95 Å². The predicted octanol–water partition coefficient (Wildman–Crippen LogP) is 1.85. The summed E-state index contributed by atoms with van der Waals surface area (Å²) in [5, 5.41) is 11.7. The monoisotopic (exact) mass is 229 g/mol. The van der Waals surface area contributed by atoms with Crippen molar-refractivity contribution in [3.05, 3.63) is 48.3 Å². The number of hydrogen-bond acceptors (Lipinski definition) is 4. The summed E-state index contributed by atoms with van der Waals surface area (Å²) < 4.78 is 0. The molecule has 0 bridgehead atoms. The van der Waals surface area contributed by atoms with Gasteiger partial charge in [0.1, 0.15) is 0 Å². The lowest BCUT2D eigenvalue weighted by atomic mass is 10.1. The van der Waals surface area contributed by atoms with Crippen LogP contribution in [0.15, 0.2) is 42.7 Å². The Bertz CT molecular complexity index is 497. The van der Waals surface area contributed by atoms with Crippen LogP contribution in [0.25, 0.3) is 0 Å². The van der Waals surface area contributed by atoms with Gasteiger partial charge in [-0.25, -0.2) is 9.97 Å². The van der Waals surface area contributed by atoms with Gasteiger partial charge in [0.15, 0.2) is 0 Å². The molecule has 0 aliphatic carbocycles. The van der Waals surface area contributed by atoms with E-state index in [0.717, 1.165) is 11.3 Å². The maximum absolute atomic E-state index is 10.5. The number of carbonyl (C=O) groups is 1. The van der Waals surface area contributed by atoms with E-state index in [1.54, 1.807) is 42.7 Å². The summed E-state index contributed by atoms with van der Waals surface area (Å²) in [5.74, 6) is -0.324. The average molecular weight is 229 g/mol. The molecule has 5 nitrogen and oxygen atoms in total. The largest absolute Gasteiger partial charge is 0.481 e. The quantitative estimate of drug-likeness (QED) is 0.836. The Morgan fingerprint density at radius 2 is 1.82 bits per heavy atom. The standard InChI is InChI=1S/C12H11N3O2/c16-11(17)8-9-2-4-10(5-3-9)15-12-13-6-1-7-14-12/h1-7H,8H2,(H,16,17)(H,13,14,15). The van der Waals surface area contributed by atoms with Crippen LogP contribution in [0.1, 0.15) is 5.56 Å². The van der Waals surface area contributed by atoms with Crippen LogP contribution < -0.4 is 5.32 Å². The first-order chi connectivity index (χ1) is 8.24. The number of anilines is 2. The predicted molar refractivity (Wildman–Crippen MR) is 63.1 cm³/mol. The first-order valence-electron chi connectivity index (χ1n) is 5.09. The molecule has 0 spiro atoms. The van der Waals surface area contributed by atoms with E-state index in [2.05, 4.69) is 15.3 Å². The number of benzene rings is 1. The van der Waals surface area contributed by atoms with Gasteiger partial charge in [0.25, 0.3) is 0 Å². The summed E-state index contributed by atoms with van der Waals surface area (Å²) >= 11 is 0. The summed E-state index contributed by atoms with van der Waals surface area (Å²) in [5.41, 5.74) is 1.59. The fraction of sp³-hybridized carbons (Fsp3) is 0.0833. The van der Waals surface area contributed by atoms with E-state index in [1.165, 1.54) is 0 Å². The van der Waals surface area contributed by atoms with Gasteiger partial charge in [0, 0.05) is 18.1 Å². The third-order valence-electron chi connectivity index (χ3n) is 2.13. The van der Waals surface area contributed by atoms with Crippen LogP contribution in [0.3, 0.4) is 0 Å². The lowest BCUT2D eigenvalue weighted by Crippen LogP contribution is -2.00. The molecule has 0 fully saturated rings. The van der Waals surface area contributed by atoms with Crippen molar-refractivity contribution in [3.8, 4) is 0 Å². The Balaban J connectivity index is 2.06. The third-order valence-corrected chi connectivity index (χ3v) is 2.13. The van der Waals surface area contributed by atoms with Crippen molar-refractivity contribution >= 4 is 17.6 Å². The molecular weight excluding hydrogens is 218 g/mol. The van der Waals surface area contributed by atoms with Crippen molar-refractivity contribution in [1.29, 1.82) is 0 Å². The number of nitrogens with one attached hydrogen (secondary N) is 1. The molecule has 0 unspecified atom stereocenters. The van der Waals surface area contributed by atoms with E-state index in [4.69, 9.17) is 5.11 Å². The van der Waals surface area contributed by atoms with Crippen molar-refractivity contribution in [2.75, 3.05) is 5.32 Å². The lowest BCUT2D eigenvalue weighted by Gasteiger charge is -2.04. The van der Waals surface area contributed by atoms with Crippen LogP contribution >= 0.6 is 0 Å². The first-order valence-corrected chi connectivity index (χ1v) is 5.09. The Hall–Kier alpha value is -2.43. The van der Waals surface area contributed by atoms with E-state index in [-0.39, 0.29) is 6.42 Å². The maximum atomic E-state index is 10.5. The SMILES string of the molecule is O=C(O)Cc1ccc(Nc2ncccn2)cc1. The van der Waals surface area contributed by atoms with Crippen LogP contribution in [-0.2, 0) is 11.2 Å². The molecule has 2 rings (SSSR count). The molecule has 2 aromatic rings. The highest BCUT2D eigenvalue weighted by molar-refractivity contribution is 5.70. The molecule has 0 aliphatic heterocycles. The minimum Gasteiger partial charge on any atom is -0.481 e. The zero-order chi connectivity index (χ0) is 12.1. The molecule has 0 radical (unpaired) electrons. The van der Waals surface area contributed by atoms with Gasteiger partial charge in [-0.1, -0.05) is 12.1 Å².